The highest BCUT2D eigenvalue weighted by molar-refractivity contribution is 5.95. The van der Waals surface area contributed by atoms with Gasteiger partial charge in [-0.1, -0.05) is 25.0 Å². The summed E-state index contributed by atoms with van der Waals surface area (Å²) in [7, 11) is 4.12. The highest BCUT2D eigenvalue weighted by Gasteiger charge is 2.38. The average molecular weight is 388 g/mol. The summed E-state index contributed by atoms with van der Waals surface area (Å²) < 4.78 is 0. The lowest BCUT2D eigenvalue weighted by Crippen LogP contribution is -2.40. The fourth-order valence-electron chi connectivity index (χ4n) is 4.01. The van der Waals surface area contributed by atoms with Crippen molar-refractivity contribution in [3.63, 3.8) is 0 Å². The van der Waals surface area contributed by atoms with Gasteiger partial charge in [0.2, 0.25) is 5.91 Å². The van der Waals surface area contributed by atoms with Crippen molar-refractivity contribution in [1.29, 1.82) is 0 Å². The highest BCUT2D eigenvalue weighted by Crippen LogP contribution is 2.33. The SMILES string of the molecule is Cc1ccc(CN(C)C)cc1NC(=O)C1CC2CCCCC2N1.Cl.Cl. The summed E-state index contributed by atoms with van der Waals surface area (Å²) in [5, 5.41) is 6.71. The average Bonchev–Trinajstić information content (AvgIpc) is 2.94. The number of amides is 1. The maximum Gasteiger partial charge on any atom is 0.241 e. The number of fused-ring (bicyclic) bond motifs is 1. The Morgan fingerprint density at radius 2 is 1.96 bits per heavy atom. The monoisotopic (exact) mass is 387 g/mol. The predicted molar refractivity (Wildman–Crippen MR) is 109 cm³/mol. The van der Waals surface area contributed by atoms with Gasteiger partial charge >= 0.3 is 0 Å². The van der Waals surface area contributed by atoms with Crippen LogP contribution in [0.4, 0.5) is 5.69 Å². The number of rotatable bonds is 4. The molecule has 1 aliphatic carbocycles. The number of halogens is 2. The van der Waals surface area contributed by atoms with Crippen LogP contribution in [-0.4, -0.2) is 37.0 Å². The molecule has 142 valence electrons. The molecule has 1 aromatic rings. The molecular weight excluding hydrogens is 357 g/mol. The second kappa shape index (κ2) is 9.77. The largest absolute Gasteiger partial charge is 0.324 e. The molecule has 4 nitrogen and oxygen atoms in total. The lowest BCUT2D eigenvalue weighted by atomic mass is 9.85. The summed E-state index contributed by atoms with van der Waals surface area (Å²) in [6.07, 6.45) is 6.12. The Hall–Kier alpha value is -0.810. The Morgan fingerprint density at radius 3 is 2.64 bits per heavy atom. The first-order valence-corrected chi connectivity index (χ1v) is 8.84. The van der Waals surface area contributed by atoms with Gasteiger partial charge in [-0.25, -0.2) is 0 Å². The second-order valence-corrected chi connectivity index (χ2v) is 7.48. The van der Waals surface area contributed by atoms with Crippen molar-refractivity contribution < 1.29 is 4.79 Å². The minimum Gasteiger partial charge on any atom is -0.324 e. The predicted octanol–water partition coefficient (Wildman–Crippen LogP) is 3.76. The molecule has 25 heavy (non-hydrogen) atoms. The number of benzene rings is 1. The number of hydrogen-bond donors (Lipinski definition) is 2. The number of nitrogens with one attached hydrogen (secondary N) is 2. The van der Waals surface area contributed by atoms with Gasteiger partial charge in [0, 0.05) is 18.3 Å². The number of carbonyl (C=O) groups is 1. The zero-order valence-corrected chi connectivity index (χ0v) is 17.0. The van der Waals surface area contributed by atoms with E-state index in [2.05, 4.69) is 54.8 Å². The minimum atomic E-state index is -0.0278. The quantitative estimate of drug-likeness (QED) is 0.826. The maximum atomic E-state index is 12.7. The fraction of sp³-hybridized carbons (Fsp3) is 0.632. The molecule has 1 aromatic carbocycles. The highest BCUT2D eigenvalue weighted by atomic mass is 35.5. The molecule has 2 fully saturated rings. The zero-order valence-electron chi connectivity index (χ0n) is 15.4. The summed E-state index contributed by atoms with van der Waals surface area (Å²) in [5.41, 5.74) is 3.30. The first-order valence-electron chi connectivity index (χ1n) is 8.84. The number of anilines is 1. The van der Waals surface area contributed by atoms with E-state index in [1.54, 1.807) is 0 Å². The molecule has 3 unspecified atom stereocenters. The normalized spacial score (nSPS) is 24.9. The molecule has 0 aromatic heterocycles. The summed E-state index contributed by atoms with van der Waals surface area (Å²) in [5.74, 6) is 0.824. The fourth-order valence-corrected chi connectivity index (χ4v) is 4.01. The number of aryl methyl sites for hydroxylation is 1. The van der Waals surface area contributed by atoms with E-state index < -0.39 is 0 Å². The molecule has 1 amide bonds. The molecule has 2 N–H and O–H groups in total. The molecule has 1 aliphatic heterocycles. The molecule has 0 spiro atoms. The lowest BCUT2D eigenvalue weighted by molar-refractivity contribution is -0.117. The van der Waals surface area contributed by atoms with Gasteiger partial charge in [0.05, 0.1) is 6.04 Å². The van der Waals surface area contributed by atoms with E-state index in [1.165, 1.54) is 31.2 Å². The molecule has 1 saturated heterocycles. The van der Waals surface area contributed by atoms with Crippen molar-refractivity contribution in [1.82, 2.24) is 10.2 Å². The Bertz CT molecular complexity index is 566. The maximum absolute atomic E-state index is 12.7. The Balaban J connectivity index is 0.00000156. The van der Waals surface area contributed by atoms with E-state index >= 15 is 0 Å². The topological polar surface area (TPSA) is 44.4 Å². The van der Waals surface area contributed by atoms with Crippen LogP contribution in [0.15, 0.2) is 18.2 Å². The molecule has 1 saturated carbocycles. The van der Waals surface area contributed by atoms with E-state index in [9.17, 15) is 4.79 Å². The Labute approximate surface area is 163 Å². The van der Waals surface area contributed by atoms with Crippen LogP contribution in [0, 0.1) is 12.8 Å². The van der Waals surface area contributed by atoms with Crippen LogP contribution in [0.5, 0.6) is 0 Å². The van der Waals surface area contributed by atoms with Crippen molar-refractivity contribution in [2.24, 2.45) is 5.92 Å². The van der Waals surface area contributed by atoms with Crippen LogP contribution in [0.1, 0.15) is 43.2 Å². The standard InChI is InChI=1S/C19H29N3O.2ClH/c1-13-8-9-14(12-22(2)3)10-17(13)21-19(23)18-11-15-6-4-5-7-16(15)20-18;;/h8-10,15-16,18,20H,4-7,11-12H2,1-3H3,(H,21,23);2*1H. The van der Waals surface area contributed by atoms with E-state index in [4.69, 9.17) is 0 Å². The van der Waals surface area contributed by atoms with Crippen molar-refractivity contribution >= 4 is 36.4 Å². The van der Waals surface area contributed by atoms with Gasteiger partial charge in [-0.15, -0.1) is 24.8 Å². The van der Waals surface area contributed by atoms with Gasteiger partial charge in [-0.2, -0.15) is 0 Å². The van der Waals surface area contributed by atoms with E-state index in [0.29, 0.717) is 12.0 Å². The van der Waals surface area contributed by atoms with Crippen molar-refractivity contribution in [3.05, 3.63) is 29.3 Å². The van der Waals surface area contributed by atoms with Crippen LogP contribution in [0.25, 0.3) is 0 Å². The summed E-state index contributed by atoms with van der Waals surface area (Å²) in [4.78, 5) is 14.8. The third-order valence-corrected chi connectivity index (χ3v) is 5.24. The zero-order chi connectivity index (χ0) is 16.4. The van der Waals surface area contributed by atoms with Crippen molar-refractivity contribution in [3.8, 4) is 0 Å². The molecule has 0 bridgehead atoms. The van der Waals surface area contributed by atoms with Crippen LogP contribution >= 0.6 is 24.8 Å². The smallest absolute Gasteiger partial charge is 0.241 e. The van der Waals surface area contributed by atoms with Crippen molar-refractivity contribution in [2.45, 2.75) is 57.7 Å². The van der Waals surface area contributed by atoms with Crippen LogP contribution in [0.2, 0.25) is 0 Å². The van der Waals surface area contributed by atoms with Gasteiger partial charge < -0.3 is 15.5 Å². The molecule has 6 heteroatoms. The first-order chi connectivity index (χ1) is 11.0. The second-order valence-electron chi connectivity index (χ2n) is 7.48. The van der Waals surface area contributed by atoms with E-state index in [-0.39, 0.29) is 36.8 Å². The number of hydrogen-bond acceptors (Lipinski definition) is 3. The molecule has 3 atom stereocenters. The van der Waals surface area contributed by atoms with E-state index in [1.807, 2.05) is 0 Å². The lowest BCUT2D eigenvalue weighted by Gasteiger charge is -2.24. The summed E-state index contributed by atoms with van der Waals surface area (Å²) >= 11 is 0. The number of carbonyl (C=O) groups excluding carboxylic acids is 1. The van der Waals surface area contributed by atoms with Gasteiger partial charge in [0.25, 0.3) is 0 Å². The van der Waals surface area contributed by atoms with Crippen molar-refractivity contribution in [2.75, 3.05) is 19.4 Å². The van der Waals surface area contributed by atoms with Gasteiger partial charge in [-0.3, -0.25) is 4.79 Å². The van der Waals surface area contributed by atoms with Crippen LogP contribution in [-0.2, 0) is 11.3 Å². The molecule has 3 rings (SSSR count). The van der Waals surface area contributed by atoms with E-state index in [0.717, 1.165) is 24.2 Å². The third kappa shape index (κ3) is 5.58. The summed E-state index contributed by atoms with van der Waals surface area (Å²) in [6.45, 7) is 2.94. The van der Waals surface area contributed by atoms with Gasteiger partial charge in [-0.05, 0) is 63.4 Å². The first kappa shape index (κ1) is 22.2. The Kier molecular flexibility index (Phi) is 8.69. The number of nitrogens with zero attached hydrogens (tertiary/aromatic N) is 1. The molecule has 1 heterocycles. The van der Waals surface area contributed by atoms with Gasteiger partial charge in [0.15, 0.2) is 0 Å². The molecule has 2 aliphatic rings. The Morgan fingerprint density at radius 1 is 1.24 bits per heavy atom. The van der Waals surface area contributed by atoms with Crippen LogP contribution < -0.4 is 10.6 Å². The minimum absolute atomic E-state index is 0. The molecular formula is C19H31Cl2N3O. The molecule has 0 radical (unpaired) electrons. The third-order valence-electron chi connectivity index (χ3n) is 5.24. The summed E-state index contributed by atoms with van der Waals surface area (Å²) in [6, 6.07) is 6.86. The van der Waals surface area contributed by atoms with Crippen LogP contribution in [0.3, 0.4) is 0 Å². The van der Waals surface area contributed by atoms with Gasteiger partial charge in [0.1, 0.15) is 0 Å².